The molecule has 5 saturated carbocycles. The van der Waals surface area contributed by atoms with E-state index in [-0.39, 0.29) is 6.04 Å². The summed E-state index contributed by atoms with van der Waals surface area (Å²) in [6, 6.07) is 13.3. The fourth-order valence-corrected chi connectivity index (χ4v) is 8.66. The van der Waals surface area contributed by atoms with Gasteiger partial charge in [-0.1, -0.05) is 12.1 Å². The number of amides is 1. The van der Waals surface area contributed by atoms with Crippen molar-refractivity contribution in [2.45, 2.75) is 62.6 Å². The lowest BCUT2D eigenvalue weighted by molar-refractivity contribution is -0.137. The average molecular weight is 545 g/mol. The van der Waals surface area contributed by atoms with Gasteiger partial charge in [0.05, 0.1) is 35.4 Å². The molecule has 4 bridgehead atoms. The predicted molar refractivity (Wildman–Crippen MR) is 154 cm³/mol. The number of hydrogen-bond acceptors (Lipinski definition) is 8. The molecular formula is C31H40N6O3. The van der Waals surface area contributed by atoms with Crippen LogP contribution < -0.4 is 20.2 Å². The lowest BCUT2D eigenvalue weighted by Gasteiger charge is -2.57. The molecule has 9 heteroatoms. The number of para-hydroxylation sites is 2. The number of fused-ring (bicyclic) bond motifs is 1. The Kier molecular flexibility index (Phi) is 5.88. The van der Waals surface area contributed by atoms with Crippen LogP contribution in [0.25, 0.3) is 0 Å². The van der Waals surface area contributed by atoms with Gasteiger partial charge in [0.1, 0.15) is 5.82 Å². The molecule has 7 aliphatic rings. The lowest BCUT2D eigenvalue weighted by atomic mass is 9.52. The molecule has 9 rings (SSSR count). The monoisotopic (exact) mass is 544 g/mol. The Morgan fingerprint density at radius 1 is 0.925 bits per heavy atom. The van der Waals surface area contributed by atoms with E-state index < -0.39 is 11.7 Å². The number of rotatable bonds is 5. The highest BCUT2D eigenvalue weighted by atomic mass is 16.7. The van der Waals surface area contributed by atoms with Crippen molar-refractivity contribution >= 4 is 29.0 Å². The third-order valence-electron chi connectivity index (χ3n) is 10.4. The molecule has 3 heterocycles. The fraction of sp³-hybridized carbons (Fsp3) is 0.613. The summed E-state index contributed by atoms with van der Waals surface area (Å²) in [6.07, 6.45) is 9.10. The van der Waals surface area contributed by atoms with E-state index in [0.29, 0.717) is 30.8 Å². The summed E-state index contributed by atoms with van der Waals surface area (Å²) in [4.78, 5) is 31.2. The fourth-order valence-electron chi connectivity index (χ4n) is 8.66. The molecule has 0 spiro atoms. The highest BCUT2D eigenvalue weighted by Crippen LogP contribution is 2.55. The SMILES string of the molecule is O=C(NC1[C@@H]2CC3C[C@H]1CC(O)(C3)C2)ON1CCN(c2ccc(N3CCN(C4CC4)CC3)cn2)c2ccccc21. The van der Waals surface area contributed by atoms with Gasteiger partial charge < -0.3 is 25.1 Å². The Balaban J connectivity index is 0.928. The van der Waals surface area contributed by atoms with Crippen molar-refractivity contribution in [3.63, 3.8) is 0 Å². The van der Waals surface area contributed by atoms with E-state index in [1.807, 2.05) is 24.4 Å². The van der Waals surface area contributed by atoms with Crippen molar-refractivity contribution in [1.82, 2.24) is 15.2 Å². The van der Waals surface area contributed by atoms with Crippen molar-refractivity contribution in [1.29, 1.82) is 0 Å². The van der Waals surface area contributed by atoms with Crippen LogP contribution in [0, 0.1) is 17.8 Å². The summed E-state index contributed by atoms with van der Waals surface area (Å²) in [5, 5.41) is 15.8. The Morgan fingerprint density at radius 2 is 1.68 bits per heavy atom. The van der Waals surface area contributed by atoms with E-state index in [1.54, 1.807) is 5.06 Å². The summed E-state index contributed by atoms with van der Waals surface area (Å²) in [5.74, 6) is 2.22. The molecule has 2 aliphatic heterocycles. The lowest BCUT2D eigenvalue weighted by Crippen LogP contribution is -2.62. The normalized spacial score (nSPS) is 33.2. The number of carbonyl (C=O) groups excluding carboxylic acids is 1. The van der Waals surface area contributed by atoms with Crippen molar-refractivity contribution in [2.24, 2.45) is 17.8 Å². The van der Waals surface area contributed by atoms with Gasteiger partial charge in [0.2, 0.25) is 0 Å². The summed E-state index contributed by atoms with van der Waals surface area (Å²) in [5.41, 5.74) is 2.52. The minimum atomic E-state index is -0.509. The topological polar surface area (TPSA) is 84.4 Å². The summed E-state index contributed by atoms with van der Waals surface area (Å²) in [7, 11) is 0. The largest absolute Gasteiger partial charge is 0.431 e. The number of anilines is 4. The Hall–Kier alpha value is -3.04. The maximum absolute atomic E-state index is 13.1. The highest BCUT2D eigenvalue weighted by molar-refractivity contribution is 5.79. The zero-order chi connectivity index (χ0) is 26.8. The minimum Gasteiger partial charge on any atom is -0.390 e. The number of aromatic nitrogens is 1. The first kappa shape index (κ1) is 24.7. The van der Waals surface area contributed by atoms with Crippen LogP contribution in [0.5, 0.6) is 0 Å². The molecule has 0 radical (unpaired) electrons. The van der Waals surface area contributed by atoms with E-state index in [9.17, 15) is 9.90 Å². The van der Waals surface area contributed by atoms with Gasteiger partial charge in [-0.25, -0.2) is 14.8 Å². The van der Waals surface area contributed by atoms with Gasteiger partial charge in [-0.2, -0.15) is 0 Å². The number of nitrogens with one attached hydrogen (secondary N) is 1. The first-order valence-electron chi connectivity index (χ1n) is 15.3. The Morgan fingerprint density at radius 3 is 2.35 bits per heavy atom. The molecule has 2 aromatic rings. The number of nitrogens with zero attached hydrogens (tertiary/aromatic N) is 5. The van der Waals surface area contributed by atoms with Crippen LogP contribution in [0.3, 0.4) is 0 Å². The number of aliphatic hydroxyl groups is 1. The predicted octanol–water partition coefficient (Wildman–Crippen LogP) is 3.90. The standard InChI is InChI=1S/C31H40N6O3/c38-30(33-29-22-15-21-16-23(29)19-31(39,17-21)18-22)40-37-14-13-36(26-3-1-2-4-27(26)37)28-8-7-25(20-32-28)35-11-9-34(10-12-35)24-5-6-24/h1-4,7-8,20-24,29,39H,5-6,9-19H2,(H,33,38)/t21?,22-,23+,29?,31?. The zero-order valence-electron chi connectivity index (χ0n) is 23.1. The van der Waals surface area contributed by atoms with Crippen LogP contribution in [0.4, 0.5) is 27.7 Å². The van der Waals surface area contributed by atoms with E-state index in [0.717, 1.165) is 81.5 Å². The van der Waals surface area contributed by atoms with Crippen LogP contribution in [-0.2, 0) is 4.84 Å². The minimum absolute atomic E-state index is 0.0975. The van der Waals surface area contributed by atoms with Gasteiger partial charge in [-0.15, -0.1) is 0 Å². The number of piperazine rings is 1. The van der Waals surface area contributed by atoms with E-state index >= 15 is 0 Å². The van der Waals surface area contributed by atoms with Crippen molar-refractivity contribution < 1.29 is 14.7 Å². The van der Waals surface area contributed by atoms with Crippen LogP contribution in [0.15, 0.2) is 42.6 Å². The third-order valence-corrected chi connectivity index (χ3v) is 10.4. The van der Waals surface area contributed by atoms with Gasteiger partial charge in [0.15, 0.2) is 0 Å². The molecule has 212 valence electrons. The van der Waals surface area contributed by atoms with E-state index in [4.69, 9.17) is 9.82 Å². The molecule has 1 amide bonds. The van der Waals surface area contributed by atoms with E-state index in [2.05, 4.69) is 38.2 Å². The molecule has 3 unspecified atom stereocenters. The smallest absolute Gasteiger partial charge is 0.390 e. The second-order valence-electron chi connectivity index (χ2n) is 13.1. The van der Waals surface area contributed by atoms with Crippen LogP contribution >= 0.6 is 0 Å². The van der Waals surface area contributed by atoms with Crippen LogP contribution in [-0.4, -0.2) is 78.0 Å². The van der Waals surface area contributed by atoms with Gasteiger partial charge in [-0.3, -0.25) is 4.90 Å². The molecule has 6 fully saturated rings. The quantitative estimate of drug-likeness (QED) is 0.587. The number of pyridine rings is 1. The van der Waals surface area contributed by atoms with Gasteiger partial charge in [0.25, 0.3) is 0 Å². The first-order chi connectivity index (χ1) is 19.5. The zero-order valence-corrected chi connectivity index (χ0v) is 23.1. The number of carbonyl (C=O) groups is 1. The second kappa shape index (κ2) is 9.52. The average Bonchev–Trinajstić information content (AvgIpc) is 3.81. The second-order valence-corrected chi connectivity index (χ2v) is 13.1. The van der Waals surface area contributed by atoms with Gasteiger partial charge in [-0.05, 0) is 87.0 Å². The molecule has 1 saturated heterocycles. The maximum atomic E-state index is 13.1. The molecule has 5 aliphatic carbocycles. The highest BCUT2D eigenvalue weighted by Gasteiger charge is 2.55. The molecule has 5 atom stereocenters. The summed E-state index contributed by atoms with van der Waals surface area (Å²) in [6.45, 7) is 5.61. The van der Waals surface area contributed by atoms with Crippen LogP contribution in [0.2, 0.25) is 0 Å². The maximum Gasteiger partial charge on any atom is 0.431 e. The summed E-state index contributed by atoms with van der Waals surface area (Å²) >= 11 is 0. The van der Waals surface area contributed by atoms with Gasteiger partial charge >= 0.3 is 6.09 Å². The number of hydrogen-bond donors (Lipinski definition) is 2. The van der Waals surface area contributed by atoms with Crippen molar-refractivity contribution in [2.75, 3.05) is 54.1 Å². The Labute approximate surface area is 236 Å². The molecular weight excluding hydrogens is 504 g/mol. The van der Waals surface area contributed by atoms with Crippen LogP contribution in [0.1, 0.15) is 44.9 Å². The number of benzene rings is 1. The first-order valence-corrected chi connectivity index (χ1v) is 15.3. The van der Waals surface area contributed by atoms with E-state index in [1.165, 1.54) is 18.5 Å². The molecule has 1 aromatic heterocycles. The molecule has 1 aromatic carbocycles. The third kappa shape index (κ3) is 4.47. The van der Waals surface area contributed by atoms with Gasteiger partial charge in [0, 0.05) is 44.8 Å². The molecule has 2 N–H and O–H groups in total. The van der Waals surface area contributed by atoms with Crippen molar-refractivity contribution in [3.05, 3.63) is 42.6 Å². The number of hydroxylamine groups is 1. The van der Waals surface area contributed by atoms with Crippen molar-refractivity contribution in [3.8, 4) is 0 Å². The Bertz CT molecular complexity index is 1240. The summed E-state index contributed by atoms with van der Waals surface area (Å²) < 4.78 is 0. The molecule has 40 heavy (non-hydrogen) atoms. The molecule has 9 nitrogen and oxygen atoms in total.